The molecule has 3 nitrogen and oxygen atoms in total. The largest absolute Gasteiger partial charge is 0.444 e. The monoisotopic (exact) mass is 415 g/mol. The predicted octanol–water partition coefficient (Wildman–Crippen LogP) is 6.76. The summed E-state index contributed by atoms with van der Waals surface area (Å²) in [7, 11) is 0. The molecular formula is C19H27F6NO2. The Morgan fingerprint density at radius 3 is 2.29 bits per heavy atom. The van der Waals surface area contributed by atoms with Crippen LogP contribution in [0.4, 0.5) is 31.1 Å². The summed E-state index contributed by atoms with van der Waals surface area (Å²) in [6.45, 7) is 6.00. The number of amides is 1. The lowest BCUT2D eigenvalue weighted by Crippen LogP contribution is -2.32. The molecule has 0 N–H and O–H groups in total. The molecule has 0 aromatic heterocycles. The molecule has 0 spiro atoms. The molecule has 1 amide bonds. The molecule has 2 rings (SSSR count). The van der Waals surface area contributed by atoms with Crippen LogP contribution in [0.15, 0.2) is 23.4 Å². The molecule has 0 radical (unpaired) electrons. The molecule has 1 aliphatic carbocycles. The van der Waals surface area contributed by atoms with Crippen LogP contribution in [-0.2, 0) is 4.74 Å². The van der Waals surface area contributed by atoms with Crippen molar-refractivity contribution >= 4 is 6.09 Å². The standard InChI is InChI=1S/C17H21F6NO2.C2H6/c1-2-3-4-5-6-14-10-24(15(25)26-14)13-8-11(16(18,19)20)7-12(9-13)17(21,22)23;1-2/h8-9,11,14H,2-7,10H2,1H3;1-2H3. The Labute approximate surface area is 161 Å². The number of hydrogen-bond donors (Lipinski definition) is 0. The van der Waals surface area contributed by atoms with Crippen molar-refractivity contribution in [2.75, 3.05) is 6.54 Å². The first-order valence-corrected chi connectivity index (χ1v) is 9.56. The maximum Gasteiger partial charge on any atom is 0.414 e. The fraction of sp³-hybridized carbons (Fsp3) is 0.737. The van der Waals surface area contributed by atoms with Crippen LogP contribution in [0.3, 0.4) is 0 Å². The highest BCUT2D eigenvalue weighted by molar-refractivity contribution is 5.73. The van der Waals surface area contributed by atoms with Crippen LogP contribution in [0.1, 0.15) is 59.3 Å². The highest BCUT2D eigenvalue weighted by Crippen LogP contribution is 2.42. The lowest BCUT2D eigenvalue weighted by molar-refractivity contribution is -0.166. The number of ether oxygens (including phenoxy) is 1. The fourth-order valence-electron chi connectivity index (χ4n) is 3.04. The highest BCUT2D eigenvalue weighted by Gasteiger charge is 2.47. The van der Waals surface area contributed by atoms with Gasteiger partial charge >= 0.3 is 18.4 Å². The van der Waals surface area contributed by atoms with E-state index in [1.54, 1.807) is 0 Å². The van der Waals surface area contributed by atoms with Gasteiger partial charge in [0.05, 0.1) is 12.5 Å². The number of rotatable bonds is 6. The second kappa shape index (κ2) is 10.2. The Balaban J connectivity index is 0.00000190. The molecule has 0 saturated carbocycles. The molecule has 9 heteroatoms. The SMILES string of the molecule is CC.CCCCCCC1CN(C2=CC(C(F)(F)F)CC(C(F)(F)F)=C2)C(=O)O1. The summed E-state index contributed by atoms with van der Waals surface area (Å²) in [4.78, 5) is 12.8. The first-order valence-electron chi connectivity index (χ1n) is 9.56. The maximum absolute atomic E-state index is 13.0. The Bertz CT molecular complexity index is 580. The normalized spacial score (nSPS) is 22.9. The number of alkyl halides is 6. The molecule has 0 aromatic carbocycles. The second-order valence-corrected chi connectivity index (χ2v) is 6.58. The van der Waals surface area contributed by atoms with Crippen LogP contribution in [0.5, 0.6) is 0 Å². The van der Waals surface area contributed by atoms with Crippen molar-refractivity contribution in [2.24, 2.45) is 5.92 Å². The Hall–Kier alpha value is -1.67. The molecule has 1 aliphatic heterocycles. The summed E-state index contributed by atoms with van der Waals surface area (Å²) in [6.07, 6.45) is -6.73. The molecule has 1 heterocycles. The number of hydrogen-bond acceptors (Lipinski definition) is 2. The lowest BCUT2D eigenvalue weighted by Gasteiger charge is -2.27. The number of unbranched alkanes of at least 4 members (excludes halogenated alkanes) is 3. The number of allylic oxidation sites excluding steroid dienone is 3. The van der Waals surface area contributed by atoms with E-state index in [1.165, 1.54) is 0 Å². The maximum atomic E-state index is 13.0. The van der Waals surface area contributed by atoms with Gasteiger partial charge in [0.2, 0.25) is 0 Å². The molecule has 162 valence electrons. The predicted molar refractivity (Wildman–Crippen MR) is 93.5 cm³/mol. The van der Waals surface area contributed by atoms with Gasteiger partial charge in [-0.25, -0.2) is 4.79 Å². The van der Waals surface area contributed by atoms with Gasteiger partial charge in [0.25, 0.3) is 0 Å². The van der Waals surface area contributed by atoms with Gasteiger partial charge in [-0.1, -0.05) is 40.0 Å². The van der Waals surface area contributed by atoms with E-state index >= 15 is 0 Å². The summed E-state index contributed by atoms with van der Waals surface area (Å²) in [5, 5.41) is 0. The van der Waals surface area contributed by atoms with Gasteiger partial charge in [-0.05, 0) is 31.4 Å². The minimum atomic E-state index is -4.88. The zero-order chi connectivity index (χ0) is 21.5. The summed E-state index contributed by atoms with van der Waals surface area (Å²) in [5.74, 6) is -2.28. The number of carbonyl (C=O) groups excluding carboxylic acids is 1. The quantitative estimate of drug-likeness (QED) is 0.354. The summed E-state index contributed by atoms with van der Waals surface area (Å²) < 4.78 is 83.0. The van der Waals surface area contributed by atoms with Crippen molar-refractivity contribution in [2.45, 2.75) is 77.8 Å². The van der Waals surface area contributed by atoms with E-state index in [0.29, 0.717) is 18.6 Å². The zero-order valence-corrected chi connectivity index (χ0v) is 16.3. The van der Waals surface area contributed by atoms with Crippen LogP contribution < -0.4 is 0 Å². The average Bonchev–Trinajstić information content (AvgIpc) is 2.99. The molecule has 1 fully saturated rings. The van der Waals surface area contributed by atoms with Gasteiger partial charge in [-0.3, -0.25) is 4.90 Å². The Morgan fingerprint density at radius 2 is 1.75 bits per heavy atom. The molecule has 1 saturated heterocycles. The smallest absolute Gasteiger partial charge is 0.414 e. The molecule has 28 heavy (non-hydrogen) atoms. The van der Waals surface area contributed by atoms with E-state index in [9.17, 15) is 31.1 Å². The van der Waals surface area contributed by atoms with E-state index in [0.717, 1.165) is 30.6 Å². The van der Waals surface area contributed by atoms with E-state index in [1.807, 2.05) is 20.8 Å². The first-order chi connectivity index (χ1) is 13.0. The van der Waals surface area contributed by atoms with Gasteiger partial charge in [0.15, 0.2) is 0 Å². The van der Waals surface area contributed by atoms with Crippen molar-refractivity contribution in [3.8, 4) is 0 Å². The van der Waals surface area contributed by atoms with Gasteiger partial charge in [-0.15, -0.1) is 0 Å². The molecule has 0 aromatic rings. The second-order valence-electron chi connectivity index (χ2n) is 6.58. The van der Waals surface area contributed by atoms with Crippen LogP contribution in [-0.4, -0.2) is 36.0 Å². The summed E-state index contributed by atoms with van der Waals surface area (Å²) in [6, 6.07) is 0. The minimum absolute atomic E-state index is 0.0387. The van der Waals surface area contributed by atoms with Gasteiger partial charge in [0.1, 0.15) is 6.10 Å². The topological polar surface area (TPSA) is 29.5 Å². The summed E-state index contributed by atoms with van der Waals surface area (Å²) >= 11 is 0. The Morgan fingerprint density at radius 1 is 1.11 bits per heavy atom. The summed E-state index contributed by atoms with van der Waals surface area (Å²) in [5.41, 5.74) is -1.69. The van der Waals surface area contributed by atoms with Crippen molar-refractivity contribution in [3.63, 3.8) is 0 Å². The van der Waals surface area contributed by atoms with Crippen LogP contribution >= 0.6 is 0 Å². The third kappa shape index (κ3) is 6.74. The van der Waals surface area contributed by atoms with E-state index in [2.05, 4.69) is 0 Å². The van der Waals surface area contributed by atoms with E-state index in [4.69, 9.17) is 4.74 Å². The molecule has 2 aliphatic rings. The molecular weight excluding hydrogens is 388 g/mol. The minimum Gasteiger partial charge on any atom is -0.444 e. The van der Waals surface area contributed by atoms with Gasteiger partial charge in [0, 0.05) is 11.3 Å². The van der Waals surface area contributed by atoms with E-state index in [-0.39, 0.29) is 6.54 Å². The van der Waals surface area contributed by atoms with Crippen LogP contribution in [0.2, 0.25) is 0 Å². The van der Waals surface area contributed by atoms with Crippen molar-refractivity contribution < 1.29 is 35.9 Å². The van der Waals surface area contributed by atoms with Gasteiger partial charge in [-0.2, -0.15) is 26.3 Å². The number of halogens is 6. The zero-order valence-electron chi connectivity index (χ0n) is 16.3. The number of nitrogens with zero attached hydrogens (tertiary/aromatic N) is 1. The average molecular weight is 415 g/mol. The number of carbonyl (C=O) groups is 1. The Kier molecular flexibility index (Phi) is 8.88. The van der Waals surface area contributed by atoms with Crippen LogP contribution in [0, 0.1) is 5.92 Å². The van der Waals surface area contributed by atoms with Gasteiger partial charge < -0.3 is 4.74 Å². The molecule has 0 bridgehead atoms. The molecule has 2 atom stereocenters. The number of cyclic esters (lactones) is 1. The van der Waals surface area contributed by atoms with Crippen LogP contribution in [0.25, 0.3) is 0 Å². The fourth-order valence-corrected chi connectivity index (χ4v) is 3.04. The van der Waals surface area contributed by atoms with E-state index < -0.39 is 48.2 Å². The van der Waals surface area contributed by atoms with Crippen molar-refractivity contribution in [3.05, 3.63) is 23.4 Å². The molecule has 2 unspecified atom stereocenters. The van der Waals surface area contributed by atoms with Crippen molar-refractivity contribution in [1.29, 1.82) is 0 Å². The first kappa shape index (κ1) is 24.4. The lowest BCUT2D eigenvalue weighted by atomic mass is 9.91. The highest BCUT2D eigenvalue weighted by atomic mass is 19.4. The van der Waals surface area contributed by atoms with Crippen molar-refractivity contribution in [1.82, 2.24) is 4.90 Å². The third-order valence-electron chi connectivity index (χ3n) is 4.48. The third-order valence-corrected chi connectivity index (χ3v) is 4.48.